The van der Waals surface area contributed by atoms with Crippen LogP contribution in [-0.2, 0) is 17.4 Å². The first kappa shape index (κ1) is 29.0. The third-order valence-corrected chi connectivity index (χ3v) is 5.87. The lowest BCUT2D eigenvalue weighted by Gasteiger charge is -2.26. The van der Waals surface area contributed by atoms with E-state index in [4.69, 9.17) is 0 Å². The number of aryl methyl sites for hydroxylation is 2. The quantitative estimate of drug-likeness (QED) is 0.293. The third kappa shape index (κ3) is 7.95. The molecule has 3 aromatic rings. The first-order valence-electron chi connectivity index (χ1n) is 11.5. The lowest BCUT2D eigenvalue weighted by atomic mass is 9.95. The minimum absolute atomic E-state index is 0.155. The highest BCUT2D eigenvalue weighted by Crippen LogP contribution is 2.33. The van der Waals surface area contributed by atoms with Crippen molar-refractivity contribution < 1.29 is 40.3 Å². The second kappa shape index (κ2) is 11.8. The average Bonchev–Trinajstić information content (AvgIpc) is 2.85. The predicted octanol–water partition coefficient (Wildman–Crippen LogP) is 6.80. The molecule has 0 aliphatic rings. The van der Waals surface area contributed by atoms with Gasteiger partial charge in [-0.2, -0.15) is 13.2 Å². The number of halogens is 7. The summed E-state index contributed by atoms with van der Waals surface area (Å²) in [6.07, 6.45) is -9.27. The van der Waals surface area contributed by atoms with Gasteiger partial charge < -0.3 is 10.1 Å². The molecule has 11 heteroatoms. The van der Waals surface area contributed by atoms with E-state index in [1.165, 1.54) is 25.2 Å². The van der Waals surface area contributed by atoms with Crippen molar-refractivity contribution in [3.8, 4) is 5.75 Å². The van der Waals surface area contributed by atoms with Crippen molar-refractivity contribution in [2.45, 2.75) is 44.4 Å². The molecule has 1 amide bonds. The van der Waals surface area contributed by atoms with Gasteiger partial charge in [-0.25, -0.2) is 4.39 Å². The van der Waals surface area contributed by atoms with Gasteiger partial charge in [0.2, 0.25) is 5.91 Å². The van der Waals surface area contributed by atoms with Crippen LogP contribution >= 0.6 is 0 Å². The molecule has 0 unspecified atom stereocenters. The summed E-state index contributed by atoms with van der Waals surface area (Å²) in [7, 11) is 1.43. The van der Waals surface area contributed by atoms with E-state index < -0.39 is 47.7 Å². The maximum absolute atomic E-state index is 14.1. The van der Waals surface area contributed by atoms with E-state index in [0.717, 1.165) is 29.8 Å². The van der Waals surface area contributed by atoms with Crippen LogP contribution in [0.25, 0.3) is 0 Å². The second-order valence-electron chi connectivity index (χ2n) is 8.65. The van der Waals surface area contributed by atoms with Crippen LogP contribution in [0.3, 0.4) is 0 Å². The maximum atomic E-state index is 14.1. The number of hydrogen-bond acceptors (Lipinski definition) is 3. The number of ether oxygens (including phenoxy) is 1. The van der Waals surface area contributed by atoms with Gasteiger partial charge in [-0.05, 0) is 60.7 Å². The standard InChI is InChI=1S/C27H25F7N2O2/c1-16-3-8-18(9-4-16)24(25(37)35-2)36-22(14-7-17-5-11-20(12-6-17)26(29,30)31)19-10-13-21(28)23(15-19)38-27(32,33)34/h3-6,8-13,15,22,24,36H,7,14H2,1-2H3,(H,35,37)/t22-,24+/m0/s1. The minimum atomic E-state index is -5.13. The van der Waals surface area contributed by atoms with E-state index in [1.807, 2.05) is 6.92 Å². The Bertz CT molecular complexity index is 1220. The van der Waals surface area contributed by atoms with Gasteiger partial charge in [0.1, 0.15) is 6.04 Å². The van der Waals surface area contributed by atoms with Crippen molar-refractivity contribution in [3.05, 3.63) is 100 Å². The van der Waals surface area contributed by atoms with Crippen LogP contribution in [0.4, 0.5) is 30.7 Å². The topological polar surface area (TPSA) is 50.4 Å². The highest BCUT2D eigenvalue weighted by molar-refractivity contribution is 5.83. The summed E-state index contributed by atoms with van der Waals surface area (Å²) in [5.41, 5.74) is 1.42. The Morgan fingerprint density at radius 2 is 1.50 bits per heavy atom. The van der Waals surface area contributed by atoms with Crippen LogP contribution in [-0.4, -0.2) is 19.3 Å². The second-order valence-corrected chi connectivity index (χ2v) is 8.65. The monoisotopic (exact) mass is 542 g/mol. The van der Waals surface area contributed by atoms with Gasteiger partial charge in [0, 0.05) is 13.1 Å². The molecule has 4 nitrogen and oxygen atoms in total. The summed E-state index contributed by atoms with van der Waals surface area (Å²) in [4.78, 5) is 12.8. The maximum Gasteiger partial charge on any atom is 0.573 e. The smallest absolute Gasteiger partial charge is 0.403 e. The Morgan fingerprint density at radius 3 is 2.05 bits per heavy atom. The summed E-state index contributed by atoms with van der Waals surface area (Å²) in [5.74, 6) is -2.70. The Labute approximate surface area is 214 Å². The third-order valence-electron chi connectivity index (χ3n) is 5.87. The number of nitrogens with one attached hydrogen (secondary N) is 2. The molecular weight excluding hydrogens is 517 g/mol. The van der Waals surface area contributed by atoms with Crippen molar-refractivity contribution in [1.82, 2.24) is 10.6 Å². The molecule has 0 aliphatic carbocycles. The van der Waals surface area contributed by atoms with Gasteiger partial charge in [0.15, 0.2) is 11.6 Å². The molecule has 0 saturated carbocycles. The zero-order valence-electron chi connectivity index (χ0n) is 20.4. The van der Waals surface area contributed by atoms with Crippen molar-refractivity contribution in [2.75, 3.05) is 7.05 Å². The minimum Gasteiger partial charge on any atom is -0.403 e. The molecule has 3 rings (SSSR count). The fraction of sp³-hybridized carbons (Fsp3) is 0.296. The van der Waals surface area contributed by atoms with Crippen molar-refractivity contribution in [3.63, 3.8) is 0 Å². The zero-order valence-corrected chi connectivity index (χ0v) is 20.4. The molecule has 0 aromatic heterocycles. The first-order valence-corrected chi connectivity index (χ1v) is 11.5. The van der Waals surface area contributed by atoms with E-state index in [1.54, 1.807) is 24.3 Å². The molecule has 2 atom stereocenters. The van der Waals surface area contributed by atoms with Crippen LogP contribution < -0.4 is 15.4 Å². The van der Waals surface area contributed by atoms with Gasteiger partial charge in [0.25, 0.3) is 0 Å². The van der Waals surface area contributed by atoms with Gasteiger partial charge in [-0.15, -0.1) is 13.2 Å². The van der Waals surface area contributed by atoms with Gasteiger partial charge >= 0.3 is 12.5 Å². The molecule has 0 radical (unpaired) electrons. The molecule has 0 heterocycles. The molecule has 38 heavy (non-hydrogen) atoms. The Balaban J connectivity index is 1.95. The summed E-state index contributed by atoms with van der Waals surface area (Å²) in [6, 6.07) is 12.7. The molecule has 3 aromatic carbocycles. The zero-order chi connectivity index (χ0) is 28.1. The molecule has 2 N–H and O–H groups in total. The number of carbonyl (C=O) groups is 1. The van der Waals surface area contributed by atoms with E-state index >= 15 is 0 Å². The number of benzene rings is 3. The fourth-order valence-electron chi connectivity index (χ4n) is 3.88. The van der Waals surface area contributed by atoms with Gasteiger partial charge in [-0.1, -0.05) is 48.0 Å². The first-order chi connectivity index (χ1) is 17.8. The summed E-state index contributed by atoms with van der Waals surface area (Å²) >= 11 is 0. The largest absolute Gasteiger partial charge is 0.573 e. The molecule has 0 fully saturated rings. The van der Waals surface area contributed by atoms with Crippen LogP contribution in [0.2, 0.25) is 0 Å². The number of amides is 1. The highest BCUT2D eigenvalue weighted by Gasteiger charge is 2.33. The molecular formula is C27H25F7N2O2. The van der Waals surface area contributed by atoms with Crippen LogP contribution in [0.5, 0.6) is 5.75 Å². The van der Waals surface area contributed by atoms with Crippen LogP contribution in [0.15, 0.2) is 66.7 Å². The van der Waals surface area contributed by atoms with Gasteiger partial charge in [-0.3, -0.25) is 10.1 Å². The van der Waals surface area contributed by atoms with Crippen molar-refractivity contribution >= 4 is 5.91 Å². The fourth-order valence-corrected chi connectivity index (χ4v) is 3.88. The Morgan fingerprint density at radius 1 is 0.895 bits per heavy atom. The molecule has 0 spiro atoms. The van der Waals surface area contributed by atoms with E-state index in [-0.39, 0.29) is 18.4 Å². The number of hydrogen-bond donors (Lipinski definition) is 2. The molecule has 0 bridgehead atoms. The number of likely N-dealkylation sites (N-methyl/N-ethyl adjacent to an activating group) is 1. The molecule has 204 valence electrons. The lowest BCUT2D eigenvalue weighted by molar-refractivity contribution is -0.275. The molecule has 0 saturated heterocycles. The Hall–Kier alpha value is -3.60. The lowest BCUT2D eigenvalue weighted by Crippen LogP contribution is -2.38. The van der Waals surface area contributed by atoms with Gasteiger partial charge in [0.05, 0.1) is 5.56 Å². The molecule has 0 aliphatic heterocycles. The summed E-state index contributed by atoms with van der Waals surface area (Å²) in [5, 5.41) is 5.66. The summed E-state index contributed by atoms with van der Waals surface area (Å²) in [6.45, 7) is 1.86. The van der Waals surface area contributed by atoms with Crippen molar-refractivity contribution in [1.29, 1.82) is 0 Å². The SMILES string of the molecule is CNC(=O)[C@H](N[C@@H](CCc1ccc(C(F)(F)F)cc1)c1ccc(F)c(OC(F)(F)F)c1)c1ccc(C)cc1. The predicted molar refractivity (Wildman–Crippen MR) is 127 cm³/mol. The van der Waals surface area contributed by atoms with E-state index in [2.05, 4.69) is 15.4 Å². The Kier molecular flexibility index (Phi) is 9.03. The summed E-state index contributed by atoms with van der Waals surface area (Å²) < 4.78 is 95.1. The van der Waals surface area contributed by atoms with Crippen LogP contribution in [0.1, 0.15) is 46.3 Å². The van der Waals surface area contributed by atoms with Crippen LogP contribution in [0, 0.1) is 12.7 Å². The van der Waals surface area contributed by atoms with E-state index in [0.29, 0.717) is 11.1 Å². The normalized spacial score (nSPS) is 13.6. The average molecular weight is 542 g/mol. The highest BCUT2D eigenvalue weighted by atomic mass is 19.4. The number of rotatable bonds is 9. The number of carbonyl (C=O) groups excluding carboxylic acids is 1. The number of alkyl halides is 6. The van der Waals surface area contributed by atoms with E-state index in [9.17, 15) is 35.5 Å². The van der Waals surface area contributed by atoms with Crippen molar-refractivity contribution in [2.24, 2.45) is 0 Å².